The van der Waals surface area contributed by atoms with E-state index < -0.39 is 11.7 Å². The Hall–Kier alpha value is -2.61. The Morgan fingerprint density at radius 1 is 1.22 bits per heavy atom. The Morgan fingerprint density at radius 3 is 2.70 bits per heavy atom. The third kappa shape index (κ3) is 2.66. The van der Waals surface area contributed by atoms with Gasteiger partial charge in [0, 0.05) is 11.5 Å². The standard InChI is InChI=1S/C18H12ClF3N4O/c19-12-6-10(5-9-7-14(27)24-15(9)12)16-11(18(20,21)22)3-4-13-23-17(8-1-2-8)25-26(13)16/h3-6,8H,1-2,7H2,(H,24,27). The molecule has 9 heteroatoms. The highest BCUT2D eigenvalue weighted by Crippen LogP contribution is 2.43. The van der Waals surface area contributed by atoms with Crippen LogP contribution in [0.4, 0.5) is 18.9 Å². The summed E-state index contributed by atoms with van der Waals surface area (Å²) in [5.74, 6) is 0.521. The molecular weight excluding hydrogens is 381 g/mol. The summed E-state index contributed by atoms with van der Waals surface area (Å²) in [7, 11) is 0. The zero-order chi connectivity index (χ0) is 18.9. The first-order valence-corrected chi connectivity index (χ1v) is 8.78. The van der Waals surface area contributed by atoms with E-state index in [-0.39, 0.29) is 34.5 Å². The molecule has 1 aromatic carbocycles. The third-order valence-electron chi connectivity index (χ3n) is 4.82. The number of nitrogens with one attached hydrogen (secondary N) is 1. The van der Waals surface area contributed by atoms with Crippen molar-refractivity contribution in [1.29, 1.82) is 0 Å². The van der Waals surface area contributed by atoms with Crippen LogP contribution in [0.15, 0.2) is 24.3 Å². The molecule has 0 saturated heterocycles. The Balaban J connectivity index is 1.79. The second kappa shape index (κ2) is 5.45. The first kappa shape index (κ1) is 16.6. The average Bonchev–Trinajstić information content (AvgIpc) is 3.23. The second-order valence-electron chi connectivity index (χ2n) is 6.82. The van der Waals surface area contributed by atoms with Crippen LogP contribution in [0.5, 0.6) is 0 Å². The molecule has 5 nitrogen and oxygen atoms in total. The number of rotatable bonds is 2. The quantitative estimate of drug-likeness (QED) is 0.701. The lowest BCUT2D eigenvalue weighted by molar-refractivity contribution is -0.137. The summed E-state index contributed by atoms with van der Waals surface area (Å²) in [5.41, 5.74) is 0.670. The summed E-state index contributed by atoms with van der Waals surface area (Å²) in [4.78, 5) is 16.0. The largest absolute Gasteiger partial charge is 0.418 e. The van der Waals surface area contributed by atoms with Gasteiger partial charge in [-0.05, 0) is 42.7 Å². The molecule has 3 aromatic rings. The van der Waals surface area contributed by atoms with E-state index in [0.29, 0.717) is 22.7 Å². The molecule has 5 rings (SSSR count). The summed E-state index contributed by atoms with van der Waals surface area (Å²) in [6.07, 6.45) is -2.62. The zero-order valence-electron chi connectivity index (χ0n) is 13.8. The van der Waals surface area contributed by atoms with Gasteiger partial charge in [0.1, 0.15) is 0 Å². The number of halogens is 4. The molecule has 1 aliphatic carbocycles. The van der Waals surface area contributed by atoms with Crippen molar-refractivity contribution in [3.63, 3.8) is 0 Å². The van der Waals surface area contributed by atoms with Crippen molar-refractivity contribution in [2.24, 2.45) is 0 Å². The molecular formula is C18H12ClF3N4O. The molecule has 27 heavy (non-hydrogen) atoms. The van der Waals surface area contributed by atoms with Crippen LogP contribution >= 0.6 is 11.6 Å². The van der Waals surface area contributed by atoms with Gasteiger partial charge in [-0.25, -0.2) is 9.50 Å². The second-order valence-corrected chi connectivity index (χ2v) is 7.23. The normalized spacial score (nSPS) is 16.7. The molecule has 0 atom stereocenters. The van der Waals surface area contributed by atoms with Crippen LogP contribution in [-0.2, 0) is 17.4 Å². The molecule has 0 bridgehead atoms. The number of carbonyl (C=O) groups excluding carboxylic acids is 1. The number of carbonyl (C=O) groups is 1. The summed E-state index contributed by atoms with van der Waals surface area (Å²) >= 11 is 6.23. The SMILES string of the molecule is O=C1Cc2cc(-c3c(C(F)(F)F)ccc4nc(C5CC5)nn34)cc(Cl)c2N1. The lowest BCUT2D eigenvalue weighted by Gasteiger charge is -2.15. The number of amides is 1. The summed E-state index contributed by atoms with van der Waals surface area (Å²) in [6, 6.07) is 5.32. The predicted octanol–water partition coefficient (Wildman–Crippen LogP) is 4.44. The summed E-state index contributed by atoms with van der Waals surface area (Å²) in [5, 5.41) is 7.16. The molecule has 0 unspecified atom stereocenters. The molecule has 2 aromatic heterocycles. The molecule has 1 saturated carbocycles. The minimum Gasteiger partial charge on any atom is -0.324 e. The number of pyridine rings is 1. The van der Waals surface area contributed by atoms with Gasteiger partial charge in [-0.15, -0.1) is 0 Å². The predicted molar refractivity (Wildman–Crippen MR) is 92.7 cm³/mol. The summed E-state index contributed by atoms with van der Waals surface area (Å²) < 4.78 is 42.4. The molecule has 1 fully saturated rings. The molecule has 1 aliphatic heterocycles. The number of alkyl halides is 3. The maximum atomic E-state index is 13.7. The van der Waals surface area contributed by atoms with Crippen LogP contribution in [0.1, 0.15) is 35.7 Å². The molecule has 1 amide bonds. The van der Waals surface area contributed by atoms with Crippen molar-refractivity contribution in [3.8, 4) is 11.3 Å². The topological polar surface area (TPSA) is 59.3 Å². The molecule has 3 heterocycles. The van der Waals surface area contributed by atoms with E-state index in [9.17, 15) is 18.0 Å². The number of hydrogen-bond donors (Lipinski definition) is 1. The van der Waals surface area contributed by atoms with E-state index in [2.05, 4.69) is 15.4 Å². The van der Waals surface area contributed by atoms with E-state index >= 15 is 0 Å². The van der Waals surface area contributed by atoms with Gasteiger partial charge in [-0.2, -0.15) is 18.3 Å². The van der Waals surface area contributed by atoms with Crippen LogP contribution < -0.4 is 5.32 Å². The minimum atomic E-state index is -4.57. The number of fused-ring (bicyclic) bond motifs is 2. The molecule has 138 valence electrons. The molecule has 0 radical (unpaired) electrons. The van der Waals surface area contributed by atoms with Gasteiger partial charge in [-0.3, -0.25) is 4.79 Å². The van der Waals surface area contributed by atoms with Crippen molar-refractivity contribution in [2.75, 3.05) is 5.32 Å². The van der Waals surface area contributed by atoms with Crippen molar-refractivity contribution >= 4 is 28.8 Å². The van der Waals surface area contributed by atoms with Crippen molar-refractivity contribution in [2.45, 2.75) is 31.4 Å². The van der Waals surface area contributed by atoms with Crippen molar-refractivity contribution in [1.82, 2.24) is 14.6 Å². The smallest absolute Gasteiger partial charge is 0.324 e. The Bertz CT molecular complexity index is 1120. The van der Waals surface area contributed by atoms with E-state index in [1.807, 2.05) is 0 Å². The highest BCUT2D eigenvalue weighted by atomic mass is 35.5. The zero-order valence-corrected chi connectivity index (χ0v) is 14.5. The van der Waals surface area contributed by atoms with Crippen molar-refractivity contribution in [3.05, 3.63) is 46.2 Å². The Labute approximate surface area is 156 Å². The maximum Gasteiger partial charge on any atom is 0.418 e. The fourth-order valence-corrected chi connectivity index (χ4v) is 3.71. The maximum absolute atomic E-state index is 13.7. The van der Waals surface area contributed by atoms with Crippen LogP contribution in [0.25, 0.3) is 16.9 Å². The highest BCUT2D eigenvalue weighted by Gasteiger charge is 2.37. The number of hydrogen-bond acceptors (Lipinski definition) is 3. The van der Waals surface area contributed by atoms with Gasteiger partial charge in [0.2, 0.25) is 5.91 Å². The lowest BCUT2D eigenvalue weighted by Crippen LogP contribution is -2.11. The monoisotopic (exact) mass is 392 g/mol. The Kier molecular flexibility index (Phi) is 3.34. The van der Waals surface area contributed by atoms with Gasteiger partial charge in [0.05, 0.1) is 28.4 Å². The van der Waals surface area contributed by atoms with E-state index in [4.69, 9.17) is 11.6 Å². The van der Waals surface area contributed by atoms with E-state index in [0.717, 1.165) is 18.9 Å². The number of anilines is 1. The fraction of sp³-hybridized carbons (Fsp3) is 0.278. The first-order valence-electron chi connectivity index (χ1n) is 8.41. The number of nitrogens with zero attached hydrogens (tertiary/aromatic N) is 3. The Morgan fingerprint density at radius 2 is 2.00 bits per heavy atom. The molecule has 2 aliphatic rings. The molecule has 1 N–H and O–H groups in total. The third-order valence-corrected chi connectivity index (χ3v) is 5.12. The highest BCUT2D eigenvalue weighted by molar-refractivity contribution is 6.34. The van der Waals surface area contributed by atoms with Crippen LogP contribution in [-0.4, -0.2) is 20.5 Å². The van der Waals surface area contributed by atoms with Crippen LogP contribution in [0.3, 0.4) is 0 Å². The first-order chi connectivity index (χ1) is 12.8. The van der Waals surface area contributed by atoms with Gasteiger partial charge in [0.15, 0.2) is 11.5 Å². The number of benzene rings is 1. The summed E-state index contributed by atoms with van der Waals surface area (Å²) in [6.45, 7) is 0. The van der Waals surface area contributed by atoms with Gasteiger partial charge < -0.3 is 5.32 Å². The van der Waals surface area contributed by atoms with Crippen LogP contribution in [0.2, 0.25) is 5.02 Å². The lowest BCUT2D eigenvalue weighted by atomic mass is 10.0. The average molecular weight is 393 g/mol. The van der Waals surface area contributed by atoms with Gasteiger partial charge in [-0.1, -0.05) is 11.6 Å². The number of aromatic nitrogens is 3. The van der Waals surface area contributed by atoms with E-state index in [1.54, 1.807) is 6.07 Å². The van der Waals surface area contributed by atoms with Gasteiger partial charge >= 0.3 is 6.18 Å². The van der Waals surface area contributed by atoms with E-state index in [1.165, 1.54) is 16.6 Å². The van der Waals surface area contributed by atoms with Crippen molar-refractivity contribution < 1.29 is 18.0 Å². The molecule has 0 spiro atoms. The minimum absolute atomic E-state index is 0.0743. The fourth-order valence-electron chi connectivity index (χ4n) is 3.42. The van der Waals surface area contributed by atoms with Gasteiger partial charge in [0.25, 0.3) is 0 Å². The van der Waals surface area contributed by atoms with Crippen LogP contribution in [0, 0.1) is 0 Å².